The summed E-state index contributed by atoms with van der Waals surface area (Å²) in [7, 11) is 1.61. The summed E-state index contributed by atoms with van der Waals surface area (Å²) in [6, 6.07) is 8.23. The smallest absolute Gasteiger partial charge is 0.261 e. The summed E-state index contributed by atoms with van der Waals surface area (Å²) in [5, 5.41) is 0. The zero-order chi connectivity index (χ0) is 16.5. The third-order valence-electron chi connectivity index (χ3n) is 5.42. The van der Waals surface area contributed by atoms with Crippen LogP contribution in [0.5, 0.6) is 11.5 Å². The van der Waals surface area contributed by atoms with Gasteiger partial charge in [-0.1, -0.05) is 23.8 Å². The number of hydrogen-bond acceptors (Lipinski definition) is 3. The third-order valence-corrected chi connectivity index (χ3v) is 5.42. The zero-order valence-electron chi connectivity index (χ0n) is 14.2. The maximum Gasteiger partial charge on any atom is 0.261 e. The van der Waals surface area contributed by atoms with Gasteiger partial charge in [0.05, 0.1) is 7.11 Å². The molecule has 1 aromatic carbocycles. The minimum Gasteiger partial charge on any atom is -0.493 e. The Bertz CT molecular complexity index is 634. The highest BCUT2D eigenvalue weighted by atomic mass is 16.5. The monoisotopic (exact) mass is 327 g/mol. The van der Waals surface area contributed by atoms with Gasteiger partial charge in [-0.15, -0.1) is 0 Å². The number of fused-ring (bicyclic) bond motifs is 2. The van der Waals surface area contributed by atoms with Gasteiger partial charge in [-0.2, -0.15) is 0 Å². The van der Waals surface area contributed by atoms with Gasteiger partial charge in [-0.25, -0.2) is 0 Å². The van der Waals surface area contributed by atoms with E-state index in [9.17, 15) is 4.79 Å². The first-order valence-corrected chi connectivity index (χ1v) is 9.01. The summed E-state index contributed by atoms with van der Waals surface area (Å²) >= 11 is 0. The summed E-state index contributed by atoms with van der Waals surface area (Å²) in [4.78, 5) is 14.8. The molecule has 0 radical (unpaired) electrons. The molecule has 2 bridgehead atoms. The highest BCUT2D eigenvalue weighted by Crippen LogP contribution is 2.41. The molecule has 4 heteroatoms. The Morgan fingerprint density at radius 2 is 1.79 bits per heavy atom. The molecule has 3 aliphatic rings. The fourth-order valence-corrected chi connectivity index (χ4v) is 4.14. The van der Waals surface area contributed by atoms with Gasteiger partial charge >= 0.3 is 0 Å². The van der Waals surface area contributed by atoms with Gasteiger partial charge in [0, 0.05) is 12.1 Å². The number of hydrogen-bond donors (Lipinski definition) is 0. The average Bonchev–Trinajstić information content (AvgIpc) is 3.37. The van der Waals surface area contributed by atoms with Crippen LogP contribution < -0.4 is 9.47 Å². The summed E-state index contributed by atoms with van der Waals surface area (Å²) in [6.45, 7) is 0.0923. The normalized spacial score (nSPS) is 25.5. The maximum atomic E-state index is 12.7. The van der Waals surface area contributed by atoms with E-state index in [1.54, 1.807) is 12.7 Å². The second-order valence-electron chi connectivity index (χ2n) is 7.20. The summed E-state index contributed by atoms with van der Waals surface area (Å²) in [5.41, 5.74) is 1.58. The Kier molecular flexibility index (Phi) is 4.21. The van der Waals surface area contributed by atoms with E-state index in [0.717, 1.165) is 31.6 Å². The lowest BCUT2D eigenvalue weighted by atomic mass is 9.95. The molecule has 0 aromatic heterocycles. The number of benzene rings is 1. The number of para-hydroxylation sites is 2. The fourth-order valence-electron chi connectivity index (χ4n) is 4.14. The molecule has 2 atom stereocenters. The minimum absolute atomic E-state index is 0.0923. The van der Waals surface area contributed by atoms with Crippen LogP contribution in [-0.2, 0) is 4.79 Å². The largest absolute Gasteiger partial charge is 0.493 e. The van der Waals surface area contributed by atoms with Crippen molar-refractivity contribution in [3.8, 4) is 11.5 Å². The molecule has 2 heterocycles. The molecular formula is C20H25NO3. The van der Waals surface area contributed by atoms with Crippen LogP contribution in [-0.4, -0.2) is 36.6 Å². The summed E-state index contributed by atoms with van der Waals surface area (Å²) in [5.74, 6) is 2.24. The van der Waals surface area contributed by atoms with Gasteiger partial charge in [0.25, 0.3) is 5.91 Å². The Hall–Kier alpha value is -1.97. The van der Waals surface area contributed by atoms with E-state index in [1.807, 2.05) is 24.3 Å². The molecule has 4 rings (SSSR count). The van der Waals surface area contributed by atoms with Crippen LogP contribution in [0, 0.1) is 5.92 Å². The molecule has 1 aliphatic carbocycles. The Morgan fingerprint density at radius 3 is 2.42 bits per heavy atom. The molecular weight excluding hydrogens is 302 g/mol. The predicted octanol–water partition coefficient (Wildman–Crippen LogP) is 3.56. The van der Waals surface area contributed by atoms with Crippen LogP contribution in [0.25, 0.3) is 0 Å². The highest BCUT2D eigenvalue weighted by Gasteiger charge is 2.41. The van der Waals surface area contributed by atoms with Crippen LogP contribution in [0.2, 0.25) is 0 Å². The van der Waals surface area contributed by atoms with Crippen molar-refractivity contribution in [1.82, 2.24) is 4.90 Å². The number of allylic oxidation sites excluding steroid dienone is 1. The molecule has 2 saturated heterocycles. The number of rotatable bonds is 5. The van der Waals surface area contributed by atoms with Crippen molar-refractivity contribution in [2.45, 2.75) is 50.6 Å². The van der Waals surface area contributed by atoms with E-state index in [2.05, 4.69) is 11.0 Å². The fraction of sp³-hybridized carbons (Fsp3) is 0.550. The van der Waals surface area contributed by atoms with Crippen molar-refractivity contribution in [2.24, 2.45) is 5.92 Å². The number of carbonyl (C=O) groups excluding carboxylic acids is 1. The summed E-state index contributed by atoms with van der Waals surface area (Å²) < 4.78 is 11.0. The van der Waals surface area contributed by atoms with Crippen LogP contribution in [0.3, 0.4) is 0 Å². The topological polar surface area (TPSA) is 38.8 Å². The van der Waals surface area contributed by atoms with Crippen molar-refractivity contribution in [2.75, 3.05) is 13.7 Å². The minimum atomic E-state index is 0.0923. The maximum absolute atomic E-state index is 12.7. The van der Waals surface area contributed by atoms with E-state index in [0.29, 0.717) is 23.6 Å². The van der Waals surface area contributed by atoms with Gasteiger partial charge in [-0.3, -0.25) is 4.79 Å². The van der Waals surface area contributed by atoms with Crippen molar-refractivity contribution in [3.63, 3.8) is 0 Å². The lowest BCUT2D eigenvalue weighted by Gasteiger charge is -2.36. The number of amides is 1. The van der Waals surface area contributed by atoms with Crippen LogP contribution >= 0.6 is 0 Å². The van der Waals surface area contributed by atoms with Crippen LogP contribution in [0.4, 0.5) is 0 Å². The first-order chi connectivity index (χ1) is 11.7. The molecule has 128 valence electrons. The molecule has 2 unspecified atom stereocenters. The van der Waals surface area contributed by atoms with Crippen LogP contribution in [0.15, 0.2) is 35.9 Å². The molecule has 1 amide bonds. The van der Waals surface area contributed by atoms with Gasteiger partial charge in [0.2, 0.25) is 0 Å². The van der Waals surface area contributed by atoms with E-state index in [-0.39, 0.29) is 12.5 Å². The van der Waals surface area contributed by atoms with Crippen molar-refractivity contribution < 1.29 is 14.3 Å². The van der Waals surface area contributed by atoms with Gasteiger partial charge in [-0.05, 0) is 56.6 Å². The first-order valence-electron chi connectivity index (χ1n) is 9.01. The third kappa shape index (κ3) is 3.14. The molecule has 1 aromatic rings. The number of ether oxygens (including phenoxy) is 2. The predicted molar refractivity (Wildman–Crippen MR) is 92.2 cm³/mol. The molecule has 0 N–H and O–H groups in total. The standard InChI is InChI=1S/C20H25NO3/c1-23-18-4-2-3-5-19(18)24-13-20(22)21-16-8-9-17(21)12-15(11-16)10-14-6-7-14/h2-5,10,14,16-17H,6-9,11-13H2,1H3. The number of piperidine rings is 1. The van der Waals surface area contributed by atoms with Gasteiger partial charge < -0.3 is 14.4 Å². The van der Waals surface area contributed by atoms with E-state index < -0.39 is 0 Å². The highest BCUT2D eigenvalue weighted by molar-refractivity contribution is 5.79. The van der Waals surface area contributed by atoms with Gasteiger partial charge in [0.15, 0.2) is 18.1 Å². The molecule has 24 heavy (non-hydrogen) atoms. The van der Waals surface area contributed by atoms with Gasteiger partial charge in [0.1, 0.15) is 0 Å². The van der Waals surface area contributed by atoms with Crippen molar-refractivity contribution in [1.29, 1.82) is 0 Å². The molecule has 3 fully saturated rings. The second kappa shape index (κ2) is 6.50. The lowest BCUT2D eigenvalue weighted by molar-refractivity contribution is -0.137. The van der Waals surface area contributed by atoms with E-state index in [1.165, 1.54) is 12.8 Å². The van der Waals surface area contributed by atoms with Crippen LogP contribution in [0.1, 0.15) is 38.5 Å². The quantitative estimate of drug-likeness (QED) is 0.776. The van der Waals surface area contributed by atoms with Crippen molar-refractivity contribution in [3.05, 3.63) is 35.9 Å². The number of methoxy groups -OCH3 is 1. The molecule has 0 spiro atoms. The molecule has 4 nitrogen and oxygen atoms in total. The lowest BCUT2D eigenvalue weighted by Crippen LogP contribution is -2.46. The Morgan fingerprint density at radius 1 is 1.12 bits per heavy atom. The number of carbonyl (C=O) groups is 1. The Labute approximate surface area is 143 Å². The second-order valence-corrected chi connectivity index (χ2v) is 7.20. The average molecular weight is 327 g/mol. The van der Waals surface area contributed by atoms with E-state index in [4.69, 9.17) is 9.47 Å². The van der Waals surface area contributed by atoms with E-state index >= 15 is 0 Å². The molecule has 2 aliphatic heterocycles. The summed E-state index contributed by atoms with van der Waals surface area (Å²) in [6.07, 6.45) is 9.59. The molecule has 1 saturated carbocycles. The first kappa shape index (κ1) is 15.6. The number of nitrogens with zero attached hydrogens (tertiary/aromatic N) is 1. The Balaban J connectivity index is 1.38. The zero-order valence-corrected chi connectivity index (χ0v) is 14.2. The SMILES string of the molecule is COc1ccccc1OCC(=O)N1C2CCC1CC(=CC1CC1)C2. The van der Waals surface area contributed by atoms with Crippen molar-refractivity contribution >= 4 is 5.91 Å².